The molecule has 0 amide bonds. The summed E-state index contributed by atoms with van der Waals surface area (Å²) in [5.74, 6) is 0.0428. The summed E-state index contributed by atoms with van der Waals surface area (Å²) >= 11 is 0. The number of hydrogen-bond acceptors (Lipinski definition) is 2. The van der Waals surface area contributed by atoms with Crippen molar-refractivity contribution < 1.29 is 13.2 Å². The Labute approximate surface area is 121 Å². The van der Waals surface area contributed by atoms with Gasteiger partial charge in [-0.25, -0.2) is 0 Å². The average Bonchev–Trinajstić information content (AvgIpc) is 2.89. The average molecular weight is 297 g/mol. The van der Waals surface area contributed by atoms with Crippen LogP contribution in [0.5, 0.6) is 0 Å². The number of aromatic nitrogens is 2. The van der Waals surface area contributed by atoms with E-state index >= 15 is 0 Å². The largest absolute Gasteiger partial charge is 0.435 e. The van der Waals surface area contributed by atoms with Crippen molar-refractivity contribution >= 4 is 0 Å². The Bertz CT molecular complexity index is 575. The van der Waals surface area contributed by atoms with Crippen LogP contribution in [0.2, 0.25) is 0 Å². The Hall–Kier alpha value is -1.82. The van der Waals surface area contributed by atoms with Crippen molar-refractivity contribution in [2.24, 2.45) is 11.7 Å². The number of nitrogens with two attached hydrogens (primary N) is 1. The van der Waals surface area contributed by atoms with Gasteiger partial charge >= 0.3 is 6.18 Å². The van der Waals surface area contributed by atoms with E-state index in [0.717, 1.165) is 11.6 Å². The van der Waals surface area contributed by atoms with Crippen LogP contribution in [0, 0.1) is 5.92 Å². The number of benzene rings is 1. The molecule has 2 N–H and O–H groups in total. The fourth-order valence-corrected chi connectivity index (χ4v) is 2.41. The summed E-state index contributed by atoms with van der Waals surface area (Å²) in [6, 6.07) is 9.54. The van der Waals surface area contributed by atoms with Crippen molar-refractivity contribution in [2.45, 2.75) is 32.1 Å². The third kappa shape index (κ3) is 3.44. The third-order valence-corrected chi connectivity index (χ3v) is 3.44. The summed E-state index contributed by atoms with van der Waals surface area (Å²) in [5, 5.41) is 3.66. The van der Waals surface area contributed by atoms with Crippen LogP contribution >= 0.6 is 0 Å². The number of halogens is 3. The van der Waals surface area contributed by atoms with Gasteiger partial charge in [0.15, 0.2) is 5.69 Å². The van der Waals surface area contributed by atoms with Crippen molar-refractivity contribution in [1.82, 2.24) is 9.78 Å². The molecule has 1 aromatic heterocycles. The lowest BCUT2D eigenvalue weighted by molar-refractivity contribution is -0.141. The first-order valence-electron chi connectivity index (χ1n) is 6.73. The molecule has 0 fully saturated rings. The Morgan fingerprint density at radius 1 is 1.10 bits per heavy atom. The van der Waals surface area contributed by atoms with Gasteiger partial charge in [-0.15, -0.1) is 0 Å². The van der Waals surface area contributed by atoms with Crippen molar-refractivity contribution in [1.29, 1.82) is 0 Å². The summed E-state index contributed by atoms with van der Waals surface area (Å²) in [7, 11) is 0. The zero-order valence-electron chi connectivity index (χ0n) is 11.9. The molecular formula is C15H18F3N3. The van der Waals surface area contributed by atoms with Crippen LogP contribution in [-0.4, -0.2) is 9.78 Å². The fraction of sp³-hybridized carbons (Fsp3) is 0.400. The molecule has 0 saturated carbocycles. The van der Waals surface area contributed by atoms with Gasteiger partial charge in [0.2, 0.25) is 0 Å². The summed E-state index contributed by atoms with van der Waals surface area (Å²) in [5.41, 5.74) is 6.23. The van der Waals surface area contributed by atoms with Gasteiger partial charge in [-0.1, -0.05) is 44.2 Å². The molecule has 1 heterocycles. The monoisotopic (exact) mass is 297 g/mol. The van der Waals surface area contributed by atoms with E-state index in [2.05, 4.69) is 5.10 Å². The van der Waals surface area contributed by atoms with Gasteiger partial charge in [0.25, 0.3) is 0 Å². The molecule has 2 aromatic rings. The van der Waals surface area contributed by atoms with Gasteiger partial charge in [0.05, 0.1) is 12.1 Å². The molecule has 3 nitrogen and oxygen atoms in total. The zero-order chi connectivity index (χ0) is 15.6. The molecule has 0 saturated heterocycles. The van der Waals surface area contributed by atoms with Crippen LogP contribution in [0.3, 0.4) is 0 Å². The maximum atomic E-state index is 12.7. The SMILES string of the molecule is CC(C)C(C(N)c1ccccc1)n1ccc(C(F)(F)F)n1. The van der Waals surface area contributed by atoms with Gasteiger partial charge in [-0.05, 0) is 17.5 Å². The lowest BCUT2D eigenvalue weighted by Gasteiger charge is -2.28. The summed E-state index contributed by atoms with van der Waals surface area (Å²) in [4.78, 5) is 0. The predicted molar refractivity (Wildman–Crippen MR) is 74.5 cm³/mol. The highest BCUT2D eigenvalue weighted by molar-refractivity contribution is 5.20. The molecule has 2 unspecified atom stereocenters. The van der Waals surface area contributed by atoms with Crippen LogP contribution in [0.1, 0.15) is 37.2 Å². The summed E-state index contributed by atoms with van der Waals surface area (Å²) in [6.45, 7) is 3.84. The molecule has 2 atom stereocenters. The molecule has 0 aliphatic carbocycles. The Kier molecular flexibility index (Phi) is 4.37. The van der Waals surface area contributed by atoms with Crippen LogP contribution in [0.15, 0.2) is 42.6 Å². The van der Waals surface area contributed by atoms with E-state index in [0.29, 0.717) is 0 Å². The van der Waals surface area contributed by atoms with E-state index in [1.165, 1.54) is 10.9 Å². The highest BCUT2D eigenvalue weighted by Gasteiger charge is 2.35. The number of hydrogen-bond donors (Lipinski definition) is 1. The standard InChI is InChI=1S/C15H18F3N3/c1-10(2)14(13(19)11-6-4-3-5-7-11)21-9-8-12(20-21)15(16,17)18/h3-10,13-14H,19H2,1-2H3. The van der Waals surface area contributed by atoms with Gasteiger partial charge < -0.3 is 5.73 Å². The minimum atomic E-state index is -4.44. The lowest BCUT2D eigenvalue weighted by Crippen LogP contribution is -2.29. The molecule has 0 spiro atoms. The fourth-order valence-electron chi connectivity index (χ4n) is 2.41. The van der Waals surface area contributed by atoms with Crippen molar-refractivity contribution in [3.05, 3.63) is 53.9 Å². The zero-order valence-corrected chi connectivity index (χ0v) is 11.9. The van der Waals surface area contributed by atoms with Gasteiger partial charge in [0.1, 0.15) is 0 Å². The summed E-state index contributed by atoms with van der Waals surface area (Å²) < 4.78 is 39.4. The molecule has 114 valence electrons. The maximum absolute atomic E-state index is 12.7. The molecule has 0 aliphatic rings. The first-order chi connectivity index (χ1) is 9.80. The second-order valence-electron chi connectivity index (χ2n) is 5.35. The minimum absolute atomic E-state index is 0.0428. The first kappa shape index (κ1) is 15.6. The molecule has 0 bridgehead atoms. The molecule has 0 aliphatic heterocycles. The molecular weight excluding hydrogens is 279 g/mol. The first-order valence-corrected chi connectivity index (χ1v) is 6.73. The third-order valence-electron chi connectivity index (χ3n) is 3.44. The Balaban J connectivity index is 2.34. The summed E-state index contributed by atoms with van der Waals surface area (Å²) in [6.07, 6.45) is -3.10. The second-order valence-corrected chi connectivity index (χ2v) is 5.35. The number of alkyl halides is 3. The quantitative estimate of drug-likeness (QED) is 0.933. The number of rotatable bonds is 4. The topological polar surface area (TPSA) is 43.8 Å². The highest BCUT2D eigenvalue weighted by atomic mass is 19.4. The van der Waals surface area contributed by atoms with Crippen LogP contribution in [0.25, 0.3) is 0 Å². The second kappa shape index (κ2) is 5.89. The van der Waals surface area contributed by atoms with Crippen LogP contribution in [0.4, 0.5) is 13.2 Å². The van der Waals surface area contributed by atoms with Crippen molar-refractivity contribution in [3.8, 4) is 0 Å². The van der Waals surface area contributed by atoms with E-state index in [9.17, 15) is 13.2 Å². The maximum Gasteiger partial charge on any atom is 0.435 e. The van der Waals surface area contributed by atoms with E-state index < -0.39 is 17.9 Å². The van der Waals surface area contributed by atoms with E-state index in [-0.39, 0.29) is 12.0 Å². The van der Waals surface area contributed by atoms with E-state index in [1.54, 1.807) is 0 Å². The van der Waals surface area contributed by atoms with Crippen LogP contribution < -0.4 is 5.73 Å². The predicted octanol–water partition coefficient (Wildman–Crippen LogP) is 3.80. The molecule has 6 heteroatoms. The molecule has 0 radical (unpaired) electrons. The van der Waals surface area contributed by atoms with Gasteiger partial charge in [0, 0.05) is 6.20 Å². The smallest absolute Gasteiger partial charge is 0.322 e. The Morgan fingerprint density at radius 2 is 1.71 bits per heavy atom. The van der Waals surface area contributed by atoms with Gasteiger partial charge in [-0.3, -0.25) is 4.68 Å². The van der Waals surface area contributed by atoms with Crippen molar-refractivity contribution in [2.75, 3.05) is 0 Å². The number of nitrogens with zero attached hydrogens (tertiary/aromatic N) is 2. The normalized spacial score (nSPS) is 15.2. The Morgan fingerprint density at radius 3 is 2.19 bits per heavy atom. The van der Waals surface area contributed by atoms with Crippen molar-refractivity contribution in [3.63, 3.8) is 0 Å². The molecule has 2 rings (SSSR count). The van der Waals surface area contributed by atoms with Gasteiger partial charge in [-0.2, -0.15) is 18.3 Å². The van der Waals surface area contributed by atoms with Crippen LogP contribution in [-0.2, 0) is 6.18 Å². The highest BCUT2D eigenvalue weighted by Crippen LogP contribution is 2.33. The van der Waals surface area contributed by atoms with E-state index in [4.69, 9.17) is 5.73 Å². The molecule has 1 aromatic carbocycles. The lowest BCUT2D eigenvalue weighted by atomic mass is 9.92. The molecule has 21 heavy (non-hydrogen) atoms. The minimum Gasteiger partial charge on any atom is -0.322 e. The van der Waals surface area contributed by atoms with E-state index in [1.807, 2.05) is 44.2 Å².